The number of carboxylic acid groups (broad SMARTS) is 1. The SMILES string of the molecule is Cc1ccccc1CC(=O)N1CC(C(C)C(=O)O)C1. The van der Waals surface area contributed by atoms with E-state index >= 15 is 0 Å². The summed E-state index contributed by atoms with van der Waals surface area (Å²) in [6.07, 6.45) is 0.404. The third kappa shape index (κ3) is 2.95. The van der Waals surface area contributed by atoms with Gasteiger partial charge in [0.2, 0.25) is 5.91 Å². The number of amides is 1. The van der Waals surface area contributed by atoms with Gasteiger partial charge >= 0.3 is 5.97 Å². The predicted octanol–water partition coefficient (Wildman–Crippen LogP) is 1.72. The van der Waals surface area contributed by atoms with Crippen molar-refractivity contribution in [1.82, 2.24) is 4.90 Å². The van der Waals surface area contributed by atoms with E-state index in [0.717, 1.165) is 11.1 Å². The summed E-state index contributed by atoms with van der Waals surface area (Å²) in [5.41, 5.74) is 2.16. The van der Waals surface area contributed by atoms with Gasteiger partial charge in [0.15, 0.2) is 0 Å². The molecule has 0 aromatic heterocycles. The van der Waals surface area contributed by atoms with Gasteiger partial charge in [-0.25, -0.2) is 0 Å². The Bertz CT molecular complexity index is 492. The highest BCUT2D eigenvalue weighted by Gasteiger charge is 2.36. The van der Waals surface area contributed by atoms with Gasteiger partial charge in [0.1, 0.15) is 0 Å². The van der Waals surface area contributed by atoms with E-state index in [0.29, 0.717) is 19.5 Å². The molecular formula is C15H19NO3. The van der Waals surface area contributed by atoms with E-state index in [2.05, 4.69) is 0 Å². The first-order valence-electron chi connectivity index (χ1n) is 6.54. The number of carboxylic acids is 1. The van der Waals surface area contributed by atoms with Crippen LogP contribution in [0.1, 0.15) is 18.1 Å². The Morgan fingerprint density at radius 2 is 2.00 bits per heavy atom. The third-order valence-electron chi connectivity index (χ3n) is 3.96. The molecule has 1 N–H and O–H groups in total. The van der Waals surface area contributed by atoms with Gasteiger partial charge in [-0.3, -0.25) is 9.59 Å². The van der Waals surface area contributed by atoms with Crippen LogP contribution in [-0.2, 0) is 16.0 Å². The Morgan fingerprint density at radius 1 is 1.37 bits per heavy atom. The zero-order valence-electron chi connectivity index (χ0n) is 11.3. The molecule has 0 saturated carbocycles. The lowest BCUT2D eigenvalue weighted by Gasteiger charge is -2.41. The van der Waals surface area contributed by atoms with Crippen LogP contribution in [0.4, 0.5) is 0 Å². The molecule has 1 amide bonds. The molecule has 1 aromatic carbocycles. The van der Waals surface area contributed by atoms with Crippen molar-refractivity contribution in [1.29, 1.82) is 0 Å². The number of aryl methyl sites for hydroxylation is 1. The summed E-state index contributed by atoms with van der Waals surface area (Å²) in [5.74, 6) is -0.972. The first kappa shape index (κ1) is 13.6. The van der Waals surface area contributed by atoms with E-state index in [-0.39, 0.29) is 17.7 Å². The van der Waals surface area contributed by atoms with E-state index in [9.17, 15) is 9.59 Å². The maximum Gasteiger partial charge on any atom is 0.306 e. The summed E-state index contributed by atoms with van der Waals surface area (Å²) < 4.78 is 0. The van der Waals surface area contributed by atoms with Gasteiger partial charge in [-0.05, 0) is 18.1 Å². The van der Waals surface area contributed by atoms with Crippen LogP contribution in [0.25, 0.3) is 0 Å². The Hall–Kier alpha value is -1.84. The summed E-state index contributed by atoms with van der Waals surface area (Å²) in [4.78, 5) is 24.7. The molecule has 1 unspecified atom stereocenters. The highest BCUT2D eigenvalue weighted by molar-refractivity contribution is 5.80. The lowest BCUT2D eigenvalue weighted by molar-refractivity contribution is -0.150. The number of benzene rings is 1. The standard InChI is InChI=1S/C15H19NO3/c1-10-5-3-4-6-12(10)7-14(17)16-8-13(9-16)11(2)15(18)19/h3-6,11,13H,7-9H2,1-2H3,(H,18,19). The number of likely N-dealkylation sites (tertiary alicyclic amines) is 1. The Morgan fingerprint density at radius 3 is 2.58 bits per heavy atom. The van der Waals surface area contributed by atoms with Crippen molar-refractivity contribution < 1.29 is 14.7 Å². The van der Waals surface area contributed by atoms with Crippen molar-refractivity contribution in [2.75, 3.05) is 13.1 Å². The molecule has 2 rings (SSSR count). The van der Waals surface area contributed by atoms with Gasteiger partial charge in [0.25, 0.3) is 0 Å². The lowest BCUT2D eigenvalue weighted by Crippen LogP contribution is -2.53. The van der Waals surface area contributed by atoms with Crippen LogP contribution in [0.2, 0.25) is 0 Å². The maximum atomic E-state index is 12.1. The number of nitrogens with zero attached hydrogens (tertiary/aromatic N) is 1. The molecule has 0 aliphatic carbocycles. The van der Waals surface area contributed by atoms with Gasteiger partial charge < -0.3 is 10.0 Å². The number of aliphatic carboxylic acids is 1. The summed E-state index contributed by atoms with van der Waals surface area (Å²) in [6, 6.07) is 7.84. The van der Waals surface area contributed by atoms with Crippen molar-refractivity contribution in [2.24, 2.45) is 11.8 Å². The summed E-state index contributed by atoms with van der Waals surface area (Å²) in [5, 5.41) is 8.91. The molecule has 1 saturated heterocycles. The molecule has 1 aliphatic heterocycles. The second-order valence-electron chi connectivity index (χ2n) is 5.29. The third-order valence-corrected chi connectivity index (χ3v) is 3.96. The molecule has 102 valence electrons. The van der Waals surface area contributed by atoms with Crippen LogP contribution in [-0.4, -0.2) is 35.0 Å². The van der Waals surface area contributed by atoms with Crippen molar-refractivity contribution in [3.05, 3.63) is 35.4 Å². The number of hydrogen-bond donors (Lipinski definition) is 1. The molecule has 19 heavy (non-hydrogen) atoms. The van der Waals surface area contributed by atoms with Crippen LogP contribution in [0.15, 0.2) is 24.3 Å². The fourth-order valence-electron chi connectivity index (χ4n) is 2.32. The number of carbonyl (C=O) groups is 2. The number of rotatable bonds is 4. The maximum absolute atomic E-state index is 12.1. The number of carbonyl (C=O) groups excluding carboxylic acids is 1. The fraction of sp³-hybridized carbons (Fsp3) is 0.467. The molecule has 0 spiro atoms. The van der Waals surface area contributed by atoms with Crippen LogP contribution in [0.5, 0.6) is 0 Å². The van der Waals surface area contributed by atoms with Gasteiger partial charge in [-0.2, -0.15) is 0 Å². The Balaban J connectivity index is 1.87. The summed E-state index contributed by atoms with van der Waals surface area (Å²) in [6.45, 7) is 4.83. The molecule has 1 aromatic rings. The van der Waals surface area contributed by atoms with E-state index in [1.807, 2.05) is 31.2 Å². The smallest absolute Gasteiger partial charge is 0.306 e. The summed E-state index contributed by atoms with van der Waals surface area (Å²) in [7, 11) is 0. The van der Waals surface area contributed by atoms with E-state index < -0.39 is 5.97 Å². The highest BCUT2D eigenvalue weighted by atomic mass is 16.4. The molecule has 0 bridgehead atoms. The number of hydrogen-bond acceptors (Lipinski definition) is 2. The molecule has 1 fully saturated rings. The summed E-state index contributed by atoms with van der Waals surface area (Å²) >= 11 is 0. The fourth-order valence-corrected chi connectivity index (χ4v) is 2.32. The lowest BCUT2D eigenvalue weighted by atomic mass is 9.86. The van der Waals surface area contributed by atoms with Gasteiger partial charge in [0.05, 0.1) is 12.3 Å². The zero-order chi connectivity index (χ0) is 14.0. The first-order chi connectivity index (χ1) is 8.99. The van der Waals surface area contributed by atoms with Gasteiger partial charge in [-0.15, -0.1) is 0 Å². The van der Waals surface area contributed by atoms with Gasteiger partial charge in [0, 0.05) is 19.0 Å². The highest BCUT2D eigenvalue weighted by Crippen LogP contribution is 2.25. The monoisotopic (exact) mass is 261 g/mol. The minimum atomic E-state index is -0.781. The average Bonchev–Trinajstić information content (AvgIpc) is 2.30. The van der Waals surface area contributed by atoms with Crippen molar-refractivity contribution in [3.63, 3.8) is 0 Å². The molecule has 0 radical (unpaired) electrons. The quantitative estimate of drug-likeness (QED) is 0.897. The van der Waals surface area contributed by atoms with E-state index in [1.165, 1.54) is 0 Å². The van der Waals surface area contributed by atoms with E-state index in [4.69, 9.17) is 5.11 Å². The second kappa shape index (κ2) is 5.43. The molecular weight excluding hydrogens is 242 g/mol. The average molecular weight is 261 g/mol. The van der Waals surface area contributed by atoms with Crippen LogP contribution in [0, 0.1) is 18.8 Å². The van der Waals surface area contributed by atoms with E-state index in [1.54, 1.807) is 11.8 Å². The Labute approximate surface area is 113 Å². The van der Waals surface area contributed by atoms with Gasteiger partial charge in [-0.1, -0.05) is 31.2 Å². The largest absolute Gasteiger partial charge is 0.481 e. The topological polar surface area (TPSA) is 57.6 Å². The zero-order valence-corrected chi connectivity index (χ0v) is 11.3. The van der Waals surface area contributed by atoms with Crippen molar-refractivity contribution in [2.45, 2.75) is 20.3 Å². The minimum absolute atomic E-state index is 0.0862. The van der Waals surface area contributed by atoms with Crippen LogP contribution in [0.3, 0.4) is 0 Å². The first-order valence-corrected chi connectivity index (χ1v) is 6.54. The molecule has 4 nitrogen and oxygen atoms in total. The van der Waals surface area contributed by atoms with Crippen LogP contribution < -0.4 is 0 Å². The van der Waals surface area contributed by atoms with Crippen LogP contribution >= 0.6 is 0 Å². The molecule has 1 aliphatic rings. The minimum Gasteiger partial charge on any atom is -0.481 e. The molecule has 1 atom stereocenters. The normalized spacial score (nSPS) is 16.8. The van der Waals surface area contributed by atoms with Crippen molar-refractivity contribution >= 4 is 11.9 Å². The molecule has 1 heterocycles. The second-order valence-corrected chi connectivity index (χ2v) is 5.29. The predicted molar refractivity (Wildman–Crippen MR) is 71.8 cm³/mol. The Kier molecular flexibility index (Phi) is 3.88. The molecule has 4 heteroatoms. The van der Waals surface area contributed by atoms with Crippen molar-refractivity contribution in [3.8, 4) is 0 Å².